The molecule has 0 bridgehead atoms. The Bertz CT molecular complexity index is 762. The molecule has 0 radical (unpaired) electrons. The number of hydrogen-bond acceptors (Lipinski definition) is 9. The van der Waals surface area contributed by atoms with Crippen LogP contribution in [0.15, 0.2) is 4.63 Å². The van der Waals surface area contributed by atoms with Gasteiger partial charge in [0.05, 0.1) is 13.2 Å². The van der Waals surface area contributed by atoms with E-state index >= 15 is 0 Å². The summed E-state index contributed by atoms with van der Waals surface area (Å²) in [6.45, 7) is 9.18. The molecule has 0 aliphatic carbocycles. The molecular formula is C18H27N7O2. The number of piperidine rings is 1. The minimum absolute atomic E-state index is 0.503. The summed E-state index contributed by atoms with van der Waals surface area (Å²) in [5.74, 6) is 2.65. The molecule has 9 nitrogen and oxygen atoms in total. The van der Waals surface area contributed by atoms with E-state index in [-0.39, 0.29) is 0 Å². The average Bonchev–Trinajstić information content (AvgIpc) is 3.40. The monoisotopic (exact) mass is 373 g/mol. The summed E-state index contributed by atoms with van der Waals surface area (Å²) in [5.41, 5.74) is 1.01. The van der Waals surface area contributed by atoms with Crippen molar-refractivity contribution in [3.63, 3.8) is 0 Å². The van der Waals surface area contributed by atoms with Gasteiger partial charge in [-0.25, -0.2) is 14.6 Å². The van der Waals surface area contributed by atoms with Crippen LogP contribution in [0.2, 0.25) is 0 Å². The van der Waals surface area contributed by atoms with Crippen LogP contribution in [0.3, 0.4) is 0 Å². The number of morpholine rings is 1. The van der Waals surface area contributed by atoms with Crippen molar-refractivity contribution >= 4 is 22.9 Å². The van der Waals surface area contributed by atoms with E-state index in [2.05, 4.69) is 25.0 Å². The van der Waals surface area contributed by atoms with E-state index in [4.69, 9.17) is 19.3 Å². The molecule has 0 N–H and O–H groups in total. The highest BCUT2D eigenvalue weighted by Crippen LogP contribution is 2.32. The first-order valence-corrected chi connectivity index (χ1v) is 10.2. The lowest BCUT2D eigenvalue weighted by Crippen LogP contribution is -2.43. The molecule has 0 saturated carbocycles. The van der Waals surface area contributed by atoms with Gasteiger partial charge < -0.3 is 14.5 Å². The van der Waals surface area contributed by atoms with Gasteiger partial charge in [-0.05, 0) is 41.9 Å². The zero-order chi connectivity index (χ0) is 18.1. The molecule has 0 amide bonds. The van der Waals surface area contributed by atoms with Crippen LogP contribution in [0, 0.1) is 5.92 Å². The minimum atomic E-state index is 0.503. The second-order valence-corrected chi connectivity index (χ2v) is 7.82. The summed E-state index contributed by atoms with van der Waals surface area (Å²) in [4.78, 5) is 16.8. The first-order chi connectivity index (χ1) is 13.4. The summed E-state index contributed by atoms with van der Waals surface area (Å²) in [5, 5.41) is 7.80. The molecule has 9 heteroatoms. The van der Waals surface area contributed by atoms with Gasteiger partial charge in [-0.3, -0.25) is 4.90 Å². The van der Waals surface area contributed by atoms with Gasteiger partial charge in [0.15, 0.2) is 11.6 Å². The van der Waals surface area contributed by atoms with Gasteiger partial charge in [0.2, 0.25) is 11.3 Å². The fourth-order valence-electron chi connectivity index (χ4n) is 4.45. The van der Waals surface area contributed by atoms with E-state index in [9.17, 15) is 0 Å². The maximum atomic E-state index is 5.47. The molecule has 0 atom stereocenters. The van der Waals surface area contributed by atoms with Gasteiger partial charge in [-0.15, -0.1) is 0 Å². The van der Waals surface area contributed by atoms with Crippen LogP contribution in [0.1, 0.15) is 25.7 Å². The number of anilines is 2. The van der Waals surface area contributed by atoms with Gasteiger partial charge in [0, 0.05) is 45.8 Å². The maximum absolute atomic E-state index is 5.47. The fourth-order valence-corrected chi connectivity index (χ4v) is 4.45. The lowest BCUT2D eigenvalue weighted by Gasteiger charge is -2.37. The van der Waals surface area contributed by atoms with Crippen molar-refractivity contribution in [2.24, 2.45) is 5.92 Å². The van der Waals surface area contributed by atoms with Crippen LogP contribution in [-0.2, 0) is 4.74 Å². The number of rotatable bonds is 4. The average molecular weight is 373 g/mol. The second-order valence-electron chi connectivity index (χ2n) is 7.82. The van der Waals surface area contributed by atoms with E-state index in [0.29, 0.717) is 11.3 Å². The van der Waals surface area contributed by atoms with E-state index < -0.39 is 0 Å². The first kappa shape index (κ1) is 17.1. The second kappa shape index (κ2) is 7.55. The van der Waals surface area contributed by atoms with Gasteiger partial charge in [-0.1, -0.05) is 0 Å². The summed E-state index contributed by atoms with van der Waals surface area (Å²) in [6.07, 6.45) is 4.79. The van der Waals surface area contributed by atoms with Gasteiger partial charge in [-0.2, -0.15) is 0 Å². The van der Waals surface area contributed by atoms with Gasteiger partial charge in [0.25, 0.3) is 0 Å². The van der Waals surface area contributed by atoms with Gasteiger partial charge in [0.1, 0.15) is 0 Å². The van der Waals surface area contributed by atoms with Crippen molar-refractivity contribution in [2.75, 3.05) is 68.8 Å². The fraction of sp³-hybridized carbons (Fsp3) is 0.778. The Hall–Kier alpha value is -2.00. The highest BCUT2D eigenvalue weighted by Gasteiger charge is 2.28. The number of aromatic nitrogens is 4. The largest absolute Gasteiger partial charge is 0.379 e. The Morgan fingerprint density at radius 3 is 2.00 bits per heavy atom. The zero-order valence-electron chi connectivity index (χ0n) is 15.7. The Balaban J connectivity index is 1.31. The normalized spacial score (nSPS) is 22.8. The molecule has 3 aliphatic heterocycles. The maximum Gasteiger partial charge on any atom is 0.245 e. The first-order valence-electron chi connectivity index (χ1n) is 10.2. The van der Waals surface area contributed by atoms with Crippen molar-refractivity contribution in [2.45, 2.75) is 25.7 Å². The van der Waals surface area contributed by atoms with Crippen LogP contribution >= 0.6 is 0 Å². The van der Waals surface area contributed by atoms with Crippen LogP contribution in [-0.4, -0.2) is 84.2 Å². The molecule has 5 rings (SSSR count). The summed E-state index contributed by atoms with van der Waals surface area (Å²) in [7, 11) is 0. The number of fused-ring (bicyclic) bond motifs is 1. The Kier molecular flexibility index (Phi) is 4.79. The van der Waals surface area contributed by atoms with Crippen molar-refractivity contribution in [3.8, 4) is 0 Å². The molecule has 0 aromatic carbocycles. The third kappa shape index (κ3) is 3.58. The topological polar surface area (TPSA) is 83.6 Å². The molecule has 146 valence electrons. The number of ether oxygens (including phenoxy) is 1. The van der Waals surface area contributed by atoms with Gasteiger partial charge >= 0.3 is 0 Å². The number of hydrogen-bond donors (Lipinski definition) is 0. The molecule has 2 aromatic heterocycles. The summed E-state index contributed by atoms with van der Waals surface area (Å²) < 4.78 is 10.3. The summed E-state index contributed by atoms with van der Waals surface area (Å²) in [6, 6.07) is 0. The Morgan fingerprint density at radius 1 is 0.778 bits per heavy atom. The number of nitrogens with zero attached hydrogens (tertiary/aromatic N) is 7. The molecule has 0 unspecified atom stereocenters. The molecule has 3 aliphatic rings. The van der Waals surface area contributed by atoms with Crippen LogP contribution < -0.4 is 9.80 Å². The minimum Gasteiger partial charge on any atom is -0.379 e. The highest BCUT2D eigenvalue weighted by molar-refractivity contribution is 5.74. The molecule has 2 aromatic rings. The highest BCUT2D eigenvalue weighted by atomic mass is 16.6. The molecule has 27 heavy (non-hydrogen) atoms. The van der Waals surface area contributed by atoms with E-state index in [1.807, 2.05) is 0 Å². The van der Waals surface area contributed by atoms with Crippen molar-refractivity contribution in [1.29, 1.82) is 0 Å². The van der Waals surface area contributed by atoms with E-state index in [0.717, 1.165) is 70.0 Å². The van der Waals surface area contributed by atoms with Crippen LogP contribution in [0.25, 0.3) is 11.3 Å². The van der Waals surface area contributed by atoms with Crippen molar-refractivity contribution in [3.05, 3.63) is 0 Å². The predicted octanol–water partition coefficient (Wildman–Crippen LogP) is 1.16. The van der Waals surface area contributed by atoms with E-state index in [1.165, 1.54) is 32.2 Å². The smallest absolute Gasteiger partial charge is 0.245 e. The van der Waals surface area contributed by atoms with Crippen LogP contribution in [0.4, 0.5) is 11.6 Å². The predicted molar refractivity (Wildman–Crippen MR) is 101 cm³/mol. The Labute approximate surface area is 158 Å². The zero-order valence-corrected chi connectivity index (χ0v) is 15.7. The molecule has 0 spiro atoms. The SMILES string of the molecule is C1CCN(c2nc3nonc3nc2N2CCC(CN3CCOCC3)CC2)C1. The van der Waals surface area contributed by atoms with Crippen molar-refractivity contribution in [1.82, 2.24) is 25.2 Å². The third-order valence-corrected chi connectivity index (χ3v) is 6.02. The molecule has 3 fully saturated rings. The molecule has 3 saturated heterocycles. The Morgan fingerprint density at radius 2 is 1.37 bits per heavy atom. The molecule has 5 heterocycles. The lowest BCUT2D eigenvalue weighted by atomic mass is 9.96. The van der Waals surface area contributed by atoms with E-state index in [1.54, 1.807) is 0 Å². The standard InChI is InChI=1S/C18H27N7O2/c1-2-6-24(5-1)17-18(20-16-15(19-17)21-27-22-16)25-7-3-14(4-8-25)13-23-9-11-26-12-10-23/h14H,1-13H2. The third-order valence-electron chi connectivity index (χ3n) is 6.02. The lowest BCUT2D eigenvalue weighted by molar-refractivity contribution is 0.0289. The quantitative estimate of drug-likeness (QED) is 0.784. The van der Waals surface area contributed by atoms with Crippen molar-refractivity contribution < 1.29 is 9.37 Å². The molecular weight excluding hydrogens is 346 g/mol. The van der Waals surface area contributed by atoms with Crippen LogP contribution in [0.5, 0.6) is 0 Å². The summed E-state index contributed by atoms with van der Waals surface area (Å²) >= 11 is 0.